The molecule has 6 heteroatoms. The molecule has 0 amide bonds. The van der Waals surface area contributed by atoms with E-state index in [1.807, 2.05) is 6.07 Å². The summed E-state index contributed by atoms with van der Waals surface area (Å²) in [4.78, 5) is 11.3. The molecule has 0 aliphatic carbocycles. The second kappa shape index (κ2) is 5.20. The van der Waals surface area contributed by atoms with Crippen LogP contribution in [0.5, 0.6) is 11.5 Å². The zero-order valence-electron chi connectivity index (χ0n) is 10.5. The molecule has 0 saturated carbocycles. The van der Waals surface area contributed by atoms with Crippen molar-refractivity contribution in [3.8, 4) is 17.2 Å². The fourth-order valence-corrected chi connectivity index (χ4v) is 2.53. The molecule has 0 bridgehead atoms. The quantitative estimate of drug-likeness (QED) is 0.914. The van der Waals surface area contributed by atoms with Gasteiger partial charge in [0.15, 0.2) is 11.5 Å². The van der Waals surface area contributed by atoms with Gasteiger partial charge in [-0.15, -0.1) is 0 Å². The number of aromatic nitrogens is 1. The second-order valence-electron chi connectivity index (χ2n) is 4.40. The SMILES string of the molecule is O=C(O)c1cc(Br)cn1-c1ccc2c(c1)OCCCO2. The van der Waals surface area contributed by atoms with E-state index in [0.29, 0.717) is 29.2 Å². The lowest BCUT2D eigenvalue weighted by Gasteiger charge is -2.11. The monoisotopic (exact) mass is 337 g/mol. The number of rotatable bonds is 2. The highest BCUT2D eigenvalue weighted by Crippen LogP contribution is 2.32. The zero-order chi connectivity index (χ0) is 14.1. The van der Waals surface area contributed by atoms with E-state index < -0.39 is 5.97 Å². The fraction of sp³-hybridized carbons (Fsp3) is 0.214. The maximum absolute atomic E-state index is 11.3. The van der Waals surface area contributed by atoms with Gasteiger partial charge >= 0.3 is 5.97 Å². The van der Waals surface area contributed by atoms with Crippen molar-refractivity contribution in [1.82, 2.24) is 4.57 Å². The molecular formula is C14H12BrNO4. The Hall–Kier alpha value is -1.95. The number of carboxylic acid groups (broad SMARTS) is 1. The van der Waals surface area contributed by atoms with Gasteiger partial charge in [-0.1, -0.05) is 0 Å². The lowest BCUT2D eigenvalue weighted by Crippen LogP contribution is -2.05. The Morgan fingerprint density at radius 1 is 1.20 bits per heavy atom. The standard InChI is InChI=1S/C14H12BrNO4/c15-9-6-11(14(17)18)16(8-9)10-2-3-12-13(7-10)20-5-1-4-19-12/h2-3,6-8H,1,4-5H2,(H,17,18). The zero-order valence-corrected chi connectivity index (χ0v) is 12.1. The summed E-state index contributed by atoms with van der Waals surface area (Å²) in [6.07, 6.45) is 2.54. The average molecular weight is 338 g/mol. The summed E-state index contributed by atoms with van der Waals surface area (Å²) in [6.45, 7) is 1.22. The first-order valence-corrected chi connectivity index (χ1v) is 6.95. The first-order valence-electron chi connectivity index (χ1n) is 6.16. The van der Waals surface area contributed by atoms with E-state index in [0.717, 1.165) is 12.1 Å². The van der Waals surface area contributed by atoms with Crippen LogP contribution in [0.4, 0.5) is 0 Å². The van der Waals surface area contributed by atoms with Gasteiger partial charge in [-0.3, -0.25) is 0 Å². The molecule has 0 saturated heterocycles. The van der Waals surface area contributed by atoms with Crippen molar-refractivity contribution in [2.24, 2.45) is 0 Å². The van der Waals surface area contributed by atoms with E-state index in [1.54, 1.807) is 29.0 Å². The Labute approximate surface area is 123 Å². The van der Waals surface area contributed by atoms with Crippen LogP contribution in [0.15, 0.2) is 34.9 Å². The van der Waals surface area contributed by atoms with Crippen LogP contribution in [0.3, 0.4) is 0 Å². The van der Waals surface area contributed by atoms with Gasteiger partial charge in [0.05, 0.1) is 13.2 Å². The minimum absolute atomic E-state index is 0.186. The molecule has 1 aliphatic rings. The third kappa shape index (κ3) is 2.38. The first kappa shape index (κ1) is 13.1. The molecule has 0 fully saturated rings. The minimum Gasteiger partial charge on any atom is -0.490 e. The Morgan fingerprint density at radius 2 is 1.95 bits per heavy atom. The van der Waals surface area contributed by atoms with E-state index >= 15 is 0 Å². The normalized spacial score (nSPS) is 13.8. The molecule has 1 aromatic carbocycles. The number of benzene rings is 1. The molecule has 3 rings (SSSR count). The molecular weight excluding hydrogens is 326 g/mol. The summed E-state index contributed by atoms with van der Waals surface area (Å²) < 4.78 is 13.5. The largest absolute Gasteiger partial charge is 0.490 e. The van der Waals surface area contributed by atoms with Crippen LogP contribution in [0.25, 0.3) is 5.69 Å². The number of ether oxygens (including phenoxy) is 2. The molecule has 1 aromatic heterocycles. The molecule has 0 radical (unpaired) electrons. The Morgan fingerprint density at radius 3 is 2.70 bits per heavy atom. The first-order chi connectivity index (χ1) is 9.65. The van der Waals surface area contributed by atoms with Crippen LogP contribution < -0.4 is 9.47 Å². The summed E-state index contributed by atoms with van der Waals surface area (Å²) in [5.74, 6) is 0.346. The number of nitrogens with zero attached hydrogens (tertiary/aromatic N) is 1. The molecule has 0 spiro atoms. The molecule has 20 heavy (non-hydrogen) atoms. The predicted molar refractivity (Wildman–Crippen MR) is 76.0 cm³/mol. The summed E-state index contributed by atoms with van der Waals surface area (Å²) in [6, 6.07) is 6.97. The van der Waals surface area contributed by atoms with Crippen LogP contribution in [-0.4, -0.2) is 28.9 Å². The number of fused-ring (bicyclic) bond motifs is 1. The molecule has 5 nitrogen and oxygen atoms in total. The van der Waals surface area contributed by atoms with Gasteiger partial charge in [0, 0.05) is 28.8 Å². The van der Waals surface area contributed by atoms with Gasteiger partial charge in [-0.25, -0.2) is 4.79 Å². The minimum atomic E-state index is -0.984. The lowest BCUT2D eigenvalue weighted by molar-refractivity contribution is 0.0688. The molecule has 2 aromatic rings. The van der Waals surface area contributed by atoms with E-state index in [1.165, 1.54) is 0 Å². The highest BCUT2D eigenvalue weighted by atomic mass is 79.9. The smallest absolute Gasteiger partial charge is 0.352 e. The van der Waals surface area contributed by atoms with E-state index in [4.69, 9.17) is 9.47 Å². The highest BCUT2D eigenvalue weighted by Gasteiger charge is 2.16. The number of halogens is 1. The van der Waals surface area contributed by atoms with Crippen molar-refractivity contribution in [3.63, 3.8) is 0 Å². The predicted octanol–water partition coefficient (Wildman–Crippen LogP) is 3.10. The molecule has 104 valence electrons. The number of aromatic carboxylic acids is 1. The third-order valence-corrected chi connectivity index (χ3v) is 3.45. The highest BCUT2D eigenvalue weighted by molar-refractivity contribution is 9.10. The summed E-state index contributed by atoms with van der Waals surface area (Å²) in [5, 5.41) is 9.23. The van der Waals surface area contributed by atoms with Gasteiger partial charge in [0.1, 0.15) is 5.69 Å². The van der Waals surface area contributed by atoms with Gasteiger partial charge in [-0.2, -0.15) is 0 Å². The van der Waals surface area contributed by atoms with Crippen molar-refractivity contribution in [1.29, 1.82) is 0 Å². The van der Waals surface area contributed by atoms with Gasteiger partial charge in [-0.05, 0) is 34.1 Å². The van der Waals surface area contributed by atoms with E-state index in [-0.39, 0.29) is 5.69 Å². The van der Waals surface area contributed by atoms with E-state index in [9.17, 15) is 9.90 Å². The number of hydrogen-bond acceptors (Lipinski definition) is 3. The summed E-state index contributed by atoms with van der Waals surface area (Å²) >= 11 is 3.30. The van der Waals surface area contributed by atoms with Crippen molar-refractivity contribution < 1.29 is 19.4 Å². The van der Waals surface area contributed by atoms with Crippen molar-refractivity contribution in [2.45, 2.75) is 6.42 Å². The Kier molecular flexibility index (Phi) is 3.40. The maximum Gasteiger partial charge on any atom is 0.352 e. The van der Waals surface area contributed by atoms with Crippen LogP contribution in [0.2, 0.25) is 0 Å². The molecule has 1 aliphatic heterocycles. The molecule has 2 heterocycles. The molecule has 1 N–H and O–H groups in total. The van der Waals surface area contributed by atoms with Crippen LogP contribution >= 0.6 is 15.9 Å². The number of hydrogen-bond donors (Lipinski definition) is 1. The molecule has 0 unspecified atom stereocenters. The average Bonchev–Trinajstić information content (AvgIpc) is 2.68. The second-order valence-corrected chi connectivity index (χ2v) is 5.32. The van der Waals surface area contributed by atoms with Gasteiger partial charge < -0.3 is 19.1 Å². The van der Waals surface area contributed by atoms with Crippen molar-refractivity contribution in [2.75, 3.05) is 13.2 Å². The Balaban J connectivity index is 2.07. The van der Waals surface area contributed by atoms with Crippen LogP contribution in [0, 0.1) is 0 Å². The summed E-state index contributed by atoms with van der Waals surface area (Å²) in [5.41, 5.74) is 0.906. The lowest BCUT2D eigenvalue weighted by atomic mass is 10.2. The fourth-order valence-electron chi connectivity index (χ4n) is 2.11. The van der Waals surface area contributed by atoms with Gasteiger partial charge in [0.2, 0.25) is 0 Å². The topological polar surface area (TPSA) is 60.7 Å². The number of carbonyl (C=O) groups is 1. The van der Waals surface area contributed by atoms with Crippen LogP contribution in [-0.2, 0) is 0 Å². The third-order valence-electron chi connectivity index (χ3n) is 3.01. The number of carboxylic acids is 1. The van der Waals surface area contributed by atoms with E-state index in [2.05, 4.69) is 15.9 Å². The summed E-state index contributed by atoms with van der Waals surface area (Å²) in [7, 11) is 0. The van der Waals surface area contributed by atoms with Crippen molar-refractivity contribution in [3.05, 3.63) is 40.6 Å². The molecule has 0 atom stereocenters. The van der Waals surface area contributed by atoms with Crippen molar-refractivity contribution >= 4 is 21.9 Å². The van der Waals surface area contributed by atoms with Crippen LogP contribution in [0.1, 0.15) is 16.9 Å². The van der Waals surface area contributed by atoms with Gasteiger partial charge in [0.25, 0.3) is 0 Å². The Bertz CT molecular complexity index is 665. The maximum atomic E-state index is 11.3.